The van der Waals surface area contributed by atoms with Crippen LogP contribution < -0.4 is 5.32 Å². The van der Waals surface area contributed by atoms with Crippen LogP contribution in [0.1, 0.15) is 11.1 Å². The number of rotatable bonds is 4. The number of hydrogen-bond acceptors (Lipinski definition) is 5. The van der Waals surface area contributed by atoms with Crippen LogP contribution in [0, 0.1) is 12.7 Å². The van der Waals surface area contributed by atoms with Crippen molar-refractivity contribution in [3.8, 4) is 0 Å². The van der Waals surface area contributed by atoms with Crippen LogP contribution in [-0.2, 0) is 6.42 Å². The molecule has 20 heavy (non-hydrogen) atoms. The van der Waals surface area contributed by atoms with Gasteiger partial charge in [-0.15, -0.1) is 14.8 Å². The number of fused-ring (bicyclic) bond motifs is 1. The molecule has 3 rings (SSSR count). The van der Waals surface area contributed by atoms with Gasteiger partial charge in [0.15, 0.2) is 5.65 Å². The fourth-order valence-corrected chi connectivity index (χ4v) is 2.01. The molecule has 7 heteroatoms. The van der Waals surface area contributed by atoms with Crippen molar-refractivity contribution in [2.75, 3.05) is 11.9 Å². The number of nitrogens with zero attached hydrogens (tertiary/aromatic N) is 5. The molecule has 1 aromatic carbocycles. The summed E-state index contributed by atoms with van der Waals surface area (Å²) in [7, 11) is 0. The number of aryl methyl sites for hydroxylation is 1. The number of halogens is 1. The molecule has 0 unspecified atom stereocenters. The maximum Gasteiger partial charge on any atom is 0.200 e. The number of aromatic nitrogens is 5. The predicted octanol–water partition coefficient (Wildman–Crippen LogP) is 1.62. The minimum absolute atomic E-state index is 0.204. The largest absolute Gasteiger partial charge is 0.368 e. The molecule has 0 atom stereocenters. The van der Waals surface area contributed by atoms with Crippen LogP contribution in [0.2, 0.25) is 0 Å². The van der Waals surface area contributed by atoms with E-state index in [1.807, 2.05) is 19.1 Å². The Hall–Kier alpha value is -2.57. The summed E-state index contributed by atoms with van der Waals surface area (Å²) in [5, 5.41) is 18.5. The first kappa shape index (κ1) is 12.5. The molecule has 0 fully saturated rings. The zero-order valence-electron chi connectivity index (χ0n) is 10.9. The Kier molecular flexibility index (Phi) is 3.24. The standard InChI is InChI=1S/C13H13FN6/c1-9-8-11(14)3-2-10(9)6-7-15-12-4-5-13-16-18-19-20(13)17-12/h2-5,8H,6-7H2,1H3,(H,15,17). The van der Waals surface area contributed by atoms with Crippen molar-refractivity contribution in [1.82, 2.24) is 25.3 Å². The van der Waals surface area contributed by atoms with E-state index in [9.17, 15) is 4.39 Å². The highest BCUT2D eigenvalue weighted by Crippen LogP contribution is 2.11. The second-order valence-electron chi connectivity index (χ2n) is 4.49. The van der Waals surface area contributed by atoms with Crippen LogP contribution >= 0.6 is 0 Å². The molecule has 2 aromatic heterocycles. The van der Waals surface area contributed by atoms with Crippen LogP contribution in [0.25, 0.3) is 5.65 Å². The van der Waals surface area contributed by atoms with Gasteiger partial charge >= 0.3 is 0 Å². The lowest BCUT2D eigenvalue weighted by Gasteiger charge is -2.07. The number of hydrogen-bond donors (Lipinski definition) is 1. The summed E-state index contributed by atoms with van der Waals surface area (Å²) in [6, 6.07) is 8.44. The Bertz CT molecular complexity index is 739. The highest BCUT2D eigenvalue weighted by atomic mass is 19.1. The molecule has 6 nitrogen and oxygen atoms in total. The van der Waals surface area contributed by atoms with E-state index in [0.717, 1.165) is 17.5 Å². The molecule has 102 valence electrons. The van der Waals surface area contributed by atoms with Gasteiger partial charge in [-0.2, -0.15) is 0 Å². The van der Waals surface area contributed by atoms with E-state index in [-0.39, 0.29) is 5.82 Å². The second-order valence-corrected chi connectivity index (χ2v) is 4.49. The van der Waals surface area contributed by atoms with Crippen molar-refractivity contribution in [2.45, 2.75) is 13.3 Å². The molecule has 0 amide bonds. The fourth-order valence-electron chi connectivity index (χ4n) is 2.01. The highest BCUT2D eigenvalue weighted by molar-refractivity contribution is 5.42. The van der Waals surface area contributed by atoms with Crippen LogP contribution in [0.3, 0.4) is 0 Å². The average molecular weight is 272 g/mol. The van der Waals surface area contributed by atoms with Crippen LogP contribution in [0.4, 0.5) is 10.2 Å². The normalized spacial score (nSPS) is 10.9. The molecule has 0 saturated heterocycles. The van der Waals surface area contributed by atoms with Gasteiger partial charge in [-0.05, 0) is 59.2 Å². The number of anilines is 1. The van der Waals surface area contributed by atoms with Crippen molar-refractivity contribution in [3.63, 3.8) is 0 Å². The molecular weight excluding hydrogens is 259 g/mol. The van der Waals surface area contributed by atoms with Gasteiger partial charge in [-0.3, -0.25) is 0 Å². The maximum atomic E-state index is 13.0. The van der Waals surface area contributed by atoms with Crippen molar-refractivity contribution in [3.05, 3.63) is 47.3 Å². The van der Waals surface area contributed by atoms with Gasteiger partial charge in [0.25, 0.3) is 0 Å². The molecule has 0 aliphatic heterocycles. The van der Waals surface area contributed by atoms with E-state index in [0.29, 0.717) is 18.0 Å². The quantitative estimate of drug-likeness (QED) is 0.781. The number of tetrazole rings is 1. The third-order valence-electron chi connectivity index (χ3n) is 3.07. The lowest BCUT2D eigenvalue weighted by molar-refractivity contribution is 0.625. The average Bonchev–Trinajstić information content (AvgIpc) is 2.89. The van der Waals surface area contributed by atoms with Crippen LogP contribution in [0.5, 0.6) is 0 Å². The van der Waals surface area contributed by atoms with Gasteiger partial charge in [0.1, 0.15) is 11.6 Å². The second kappa shape index (κ2) is 5.20. The third kappa shape index (κ3) is 2.56. The van der Waals surface area contributed by atoms with Gasteiger partial charge < -0.3 is 5.32 Å². The molecule has 0 bridgehead atoms. The first-order valence-corrected chi connectivity index (χ1v) is 6.27. The fraction of sp³-hybridized carbons (Fsp3) is 0.231. The number of benzene rings is 1. The highest BCUT2D eigenvalue weighted by Gasteiger charge is 2.02. The first-order valence-electron chi connectivity index (χ1n) is 6.27. The Morgan fingerprint density at radius 2 is 2.15 bits per heavy atom. The smallest absolute Gasteiger partial charge is 0.200 e. The molecule has 0 saturated carbocycles. The monoisotopic (exact) mass is 272 g/mol. The van der Waals surface area contributed by atoms with Crippen LogP contribution in [0.15, 0.2) is 30.3 Å². The summed E-state index contributed by atoms with van der Waals surface area (Å²) >= 11 is 0. The van der Waals surface area contributed by atoms with Gasteiger partial charge in [-0.1, -0.05) is 6.07 Å². The van der Waals surface area contributed by atoms with E-state index in [1.54, 1.807) is 12.1 Å². The van der Waals surface area contributed by atoms with E-state index < -0.39 is 0 Å². The molecule has 0 aliphatic rings. The Morgan fingerprint density at radius 1 is 1.25 bits per heavy atom. The lowest BCUT2D eigenvalue weighted by atomic mass is 10.1. The molecular formula is C13H13FN6. The predicted molar refractivity (Wildman–Crippen MR) is 71.9 cm³/mol. The van der Waals surface area contributed by atoms with Gasteiger partial charge in [-0.25, -0.2) is 4.39 Å². The SMILES string of the molecule is Cc1cc(F)ccc1CCNc1ccc2nnnn2n1. The van der Waals surface area contributed by atoms with Crippen LogP contribution in [-0.4, -0.2) is 31.8 Å². The summed E-state index contributed by atoms with van der Waals surface area (Å²) in [4.78, 5) is 0. The van der Waals surface area contributed by atoms with E-state index >= 15 is 0 Å². The summed E-state index contributed by atoms with van der Waals surface area (Å²) < 4.78 is 14.4. The van der Waals surface area contributed by atoms with E-state index in [4.69, 9.17) is 0 Å². The van der Waals surface area contributed by atoms with Crippen molar-refractivity contribution < 1.29 is 4.39 Å². The molecule has 1 N–H and O–H groups in total. The summed E-state index contributed by atoms with van der Waals surface area (Å²) in [6.07, 6.45) is 0.793. The van der Waals surface area contributed by atoms with Crippen molar-refractivity contribution in [1.29, 1.82) is 0 Å². The zero-order chi connectivity index (χ0) is 13.9. The van der Waals surface area contributed by atoms with E-state index in [1.165, 1.54) is 10.7 Å². The topological polar surface area (TPSA) is 68.0 Å². The molecule has 0 aliphatic carbocycles. The minimum atomic E-state index is -0.204. The number of nitrogens with one attached hydrogen (secondary N) is 1. The Balaban J connectivity index is 1.64. The van der Waals surface area contributed by atoms with Crippen molar-refractivity contribution in [2.24, 2.45) is 0 Å². The summed E-state index contributed by atoms with van der Waals surface area (Å²) in [5.41, 5.74) is 2.67. The first-order chi connectivity index (χ1) is 9.72. The van der Waals surface area contributed by atoms with Gasteiger partial charge in [0.2, 0.25) is 0 Å². The van der Waals surface area contributed by atoms with E-state index in [2.05, 4.69) is 25.9 Å². The van der Waals surface area contributed by atoms with Crippen molar-refractivity contribution >= 4 is 11.5 Å². The maximum absolute atomic E-state index is 13.0. The summed E-state index contributed by atoms with van der Waals surface area (Å²) in [5.74, 6) is 0.495. The molecule has 3 aromatic rings. The van der Waals surface area contributed by atoms with Gasteiger partial charge in [0, 0.05) is 6.54 Å². The van der Waals surface area contributed by atoms with Gasteiger partial charge in [0.05, 0.1) is 0 Å². The molecule has 0 radical (unpaired) electrons. The minimum Gasteiger partial charge on any atom is -0.368 e. The Labute approximate surface area is 114 Å². The molecule has 2 heterocycles. The molecule has 0 spiro atoms. The lowest BCUT2D eigenvalue weighted by Crippen LogP contribution is -2.09. The Morgan fingerprint density at radius 3 is 3.00 bits per heavy atom. The zero-order valence-corrected chi connectivity index (χ0v) is 10.9. The third-order valence-corrected chi connectivity index (χ3v) is 3.07. The summed E-state index contributed by atoms with van der Waals surface area (Å²) in [6.45, 7) is 2.61.